The molecule has 6 N–H and O–H groups in total. The van der Waals surface area contributed by atoms with E-state index >= 15 is 0 Å². The minimum Gasteiger partial charge on any atom is -0.399 e. The van der Waals surface area contributed by atoms with E-state index in [1.165, 1.54) is 0 Å². The van der Waals surface area contributed by atoms with Gasteiger partial charge >= 0.3 is 0 Å². The maximum Gasteiger partial charge on any atom is 0.113 e. The molecule has 3 rings (SSSR count). The molecule has 2 aromatic carbocycles. The first-order chi connectivity index (χ1) is 12.4. The van der Waals surface area contributed by atoms with Crippen molar-refractivity contribution >= 4 is 17.3 Å². The summed E-state index contributed by atoms with van der Waals surface area (Å²) in [6.07, 6.45) is -5.39. The number of hydrogen-bond acceptors (Lipinski definition) is 6. The lowest BCUT2D eigenvalue weighted by atomic mass is 9.90. The molecule has 26 heavy (non-hydrogen) atoms. The van der Waals surface area contributed by atoms with E-state index in [0.717, 1.165) is 11.1 Å². The lowest BCUT2D eigenvalue weighted by molar-refractivity contribution is -0.231. The van der Waals surface area contributed by atoms with Crippen molar-refractivity contribution < 1.29 is 25.2 Å². The number of nitrogens with two attached hydrogens (primary N) is 1. The molecule has 1 fully saturated rings. The molecule has 0 radical (unpaired) electrons. The molecule has 5 atom stereocenters. The molecule has 0 bridgehead atoms. The van der Waals surface area contributed by atoms with Gasteiger partial charge in [-0.2, -0.15) is 0 Å². The second-order valence-electron chi connectivity index (χ2n) is 6.52. The minimum absolute atomic E-state index is 0.465. The summed E-state index contributed by atoms with van der Waals surface area (Å²) < 4.78 is 5.61. The predicted octanol–water partition coefficient (Wildman–Crippen LogP) is 1.03. The summed E-state index contributed by atoms with van der Waals surface area (Å²) in [5.74, 6) is 0. The minimum atomic E-state index is -1.41. The maximum atomic E-state index is 10.3. The maximum absolute atomic E-state index is 10.3. The van der Waals surface area contributed by atoms with Crippen LogP contribution in [0.5, 0.6) is 0 Å². The number of halogens is 1. The van der Waals surface area contributed by atoms with Gasteiger partial charge in [0, 0.05) is 10.7 Å². The average molecular weight is 380 g/mol. The third-order valence-electron chi connectivity index (χ3n) is 4.66. The fourth-order valence-corrected chi connectivity index (χ4v) is 3.32. The fourth-order valence-electron chi connectivity index (χ4n) is 3.14. The molecule has 0 aliphatic carbocycles. The van der Waals surface area contributed by atoms with Gasteiger partial charge in [0.05, 0.1) is 6.61 Å². The second kappa shape index (κ2) is 7.92. The van der Waals surface area contributed by atoms with Gasteiger partial charge in [-0.1, -0.05) is 35.9 Å². The van der Waals surface area contributed by atoms with E-state index in [2.05, 4.69) is 0 Å². The van der Waals surface area contributed by atoms with Gasteiger partial charge in [-0.25, -0.2) is 0 Å². The van der Waals surface area contributed by atoms with Crippen molar-refractivity contribution in [1.82, 2.24) is 0 Å². The van der Waals surface area contributed by atoms with Crippen LogP contribution in [0.1, 0.15) is 22.8 Å². The van der Waals surface area contributed by atoms with Gasteiger partial charge < -0.3 is 30.9 Å². The van der Waals surface area contributed by atoms with Gasteiger partial charge in [-0.05, 0) is 41.3 Å². The van der Waals surface area contributed by atoms with E-state index in [1.807, 2.05) is 24.3 Å². The number of nitrogen functional groups attached to an aromatic ring is 1. The number of rotatable bonds is 4. The van der Waals surface area contributed by atoms with E-state index < -0.39 is 37.1 Å². The van der Waals surface area contributed by atoms with Crippen LogP contribution in [0.25, 0.3) is 0 Å². The number of benzene rings is 2. The molecule has 1 heterocycles. The molecule has 140 valence electrons. The van der Waals surface area contributed by atoms with E-state index in [1.54, 1.807) is 18.2 Å². The molecule has 0 amide bonds. The topological polar surface area (TPSA) is 116 Å². The first-order valence-corrected chi connectivity index (χ1v) is 8.71. The van der Waals surface area contributed by atoms with Crippen LogP contribution >= 0.6 is 11.6 Å². The Balaban J connectivity index is 1.87. The van der Waals surface area contributed by atoms with Crippen LogP contribution in [0, 0.1) is 0 Å². The Labute approximate surface area is 156 Å². The van der Waals surface area contributed by atoms with Gasteiger partial charge in [0.15, 0.2) is 0 Å². The molecule has 0 unspecified atom stereocenters. The van der Waals surface area contributed by atoms with Crippen molar-refractivity contribution in [3.05, 3.63) is 64.2 Å². The van der Waals surface area contributed by atoms with Crippen LogP contribution in [0.2, 0.25) is 5.02 Å². The molecule has 2 aromatic rings. The fraction of sp³-hybridized carbons (Fsp3) is 0.368. The van der Waals surface area contributed by atoms with E-state index in [-0.39, 0.29) is 0 Å². The predicted molar refractivity (Wildman–Crippen MR) is 97.8 cm³/mol. The summed E-state index contributed by atoms with van der Waals surface area (Å²) in [6.45, 7) is -0.465. The van der Waals surface area contributed by atoms with E-state index in [4.69, 9.17) is 22.1 Å². The monoisotopic (exact) mass is 379 g/mol. The normalized spacial score (nSPS) is 28.9. The van der Waals surface area contributed by atoms with Gasteiger partial charge in [0.1, 0.15) is 30.5 Å². The van der Waals surface area contributed by atoms with Crippen LogP contribution in [-0.2, 0) is 11.2 Å². The zero-order valence-corrected chi connectivity index (χ0v) is 14.8. The number of hydrogen-bond donors (Lipinski definition) is 5. The van der Waals surface area contributed by atoms with Gasteiger partial charge in [0.25, 0.3) is 0 Å². The van der Waals surface area contributed by atoms with Gasteiger partial charge in [0.2, 0.25) is 0 Å². The molecule has 1 aliphatic rings. The van der Waals surface area contributed by atoms with Crippen molar-refractivity contribution in [2.45, 2.75) is 36.9 Å². The summed E-state index contributed by atoms with van der Waals surface area (Å²) in [5, 5.41) is 40.1. The Morgan fingerprint density at radius 3 is 2.31 bits per heavy atom. The highest BCUT2D eigenvalue weighted by Crippen LogP contribution is 2.34. The Bertz CT molecular complexity index is 752. The zero-order valence-electron chi connectivity index (χ0n) is 14.0. The molecule has 6 nitrogen and oxygen atoms in total. The Kier molecular flexibility index (Phi) is 5.82. The lowest BCUT2D eigenvalue weighted by Gasteiger charge is -2.40. The lowest BCUT2D eigenvalue weighted by Crippen LogP contribution is -2.55. The molecule has 0 saturated carbocycles. The zero-order chi connectivity index (χ0) is 18.8. The highest BCUT2D eigenvalue weighted by Gasteiger charge is 2.43. The SMILES string of the molecule is Nc1ccc(Cc2cc([C@@H]3O[C@H](CO)[C@@H](O)[C@H](O)[C@H]3O)ccc2Cl)cc1. The second-order valence-corrected chi connectivity index (χ2v) is 6.93. The number of anilines is 1. The van der Waals surface area contributed by atoms with Crippen LogP contribution in [0.15, 0.2) is 42.5 Å². The molecule has 0 aromatic heterocycles. The molecule has 1 aliphatic heterocycles. The molecular formula is C19H22ClNO5. The molecular weight excluding hydrogens is 358 g/mol. The van der Waals surface area contributed by atoms with Crippen molar-refractivity contribution in [3.63, 3.8) is 0 Å². The highest BCUT2D eigenvalue weighted by molar-refractivity contribution is 6.31. The summed E-state index contributed by atoms with van der Waals surface area (Å²) in [5.41, 5.74) is 8.83. The number of aliphatic hydroxyl groups is 4. The summed E-state index contributed by atoms with van der Waals surface area (Å²) in [6, 6.07) is 12.6. The van der Waals surface area contributed by atoms with Gasteiger partial charge in [-0.3, -0.25) is 0 Å². The number of ether oxygens (including phenoxy) is 1. The van der Waals surface area contributed by atoms with Crippen LogP contribution in [-0.4, -0.2) is 51.4 Å². The molecule has 0 spiro atoms. The first-order valence-electron chi connectivity index (χ1n) is 8.34. The van der Waals surface area contributed by atoms with Crippen molar-refractivity contribution in [2.75, 3.05) is 12.3 Å². The average Bonchev–Trinajstić information content (AvgIpc) is 2.64. The van der Waals surface area contributed by atoms with Crippen LogP contribution < -0.4 is 5.73 Å². The largest absolute Gasteiger partial charge is 0.399 e. The number of aliphatic hydroxyl groups excluding tert-OH is 4. The third kappa shape index (κ3) is 3.86. The van der Waals surface area contributed by atoms with Gasteiger partial charge in [-0.15, -0.1) is 0 Å². The Morgan fingerprint density at radius 1 is 0.962 bits per heavy atom. The quantitative estimate of drug-likeness (QED) is 0.507. The van der Waals surface area contributed by atoms with Crippen LogP contribution in [0.3, 0.4) is 0 Å². The van der Waals surface area contributed by atoms with Crippen molar-refractivity contribution in [3.8, 4) is 0 Å². The highest BCUT2D eigenvalue weighted by atomic mass is 35.5. The standard InChI is InChI=1S/C19H22ClNO5/c20-14-6-3-11(8-12(14)7-10-1-4-13(21)5-2-10)19-18(25)17(24)16(23)15(9-22)26-19/h1-6,8,15-19,22-25H,7,9,21H2/t15-,16-,17+,18-,19+/m1/s1. The molecule has 7 heteroatoms. The van der Waals surface area contributed by atoms with E-state index in [0.29, 0.717) is 22.7 Å². The summed E-state index contributed by atoms with van der Waals surface area (Å²) in [4.78, 5) is 0. The van der Waals surface area contributed by atoms with Crippen molar-refractivity contribution in [1.29, 1.82) is 0 Å². The molecule has 1 saturated heterocycles. The smallest absolute Gasteiger partial charge is 0.113 e. The van der Waals surface area contributed by atoms with E-state index in [9.17, 15) is 20.4 Å². The Hall–Kier alpha value is -1.67. The summed E-state index contributed by atoms with van der Waals surface area (Å²) in [7, 11) is 0. The first kappa shape index (κ1) is 19.1. The summed E-state index contributed by atoms with van der Waals surface area (Å²) >= 11 is 6.30. The third-order valence-corrected chi connectivity index (χ3v) is 5.03. The Morgan fingerprint density at radius 2 is 1.65 bits per heavy atom. The van der Waals surface area contributed by atoms with Crippen LogP contribution in [0.4, 0.5) is 5.69 Å². The van der Waals surface area contributed by atoms with Crippen molar-refractivity contribution in [2.24, 2.45) is 0 Å².